The zero-order valence-corrected chi connectivity index (χ0v) is 25.0. The standard InChI is InChI=1S/C34H31FN4O4S/c1-42-29-7-3-2-6-27(29)39(33(41)20-32(36)40)24-12-13-28(25(35)18-24)43-30-14-15-37-26-19-31(44-34(26)30)23-10-8-22(9-11-23)21-38-16-4-5-17-38/h2-3,6-15,18-19H,4-5,16-17,20-21H2,1H3,(H2,36,40). The van der Waals surface area contributed by atoms with Crippen LogP contribution < -0.4 is 20.1 Å². The number of carbonyl (C=O) groups is 2. The van der Waals surface area contributed by atoms with Gasteiger partial charge in [0, 0.05) is 29.8 Å². The van der Waals surface area contributed by atoms with E-state index in [4.69, 9.17) is 15.2 Å². The van der Waals surface area contributed by atoms with Gasteiger partial charge in [-0.15, -0.1) is 11.3 Å². The molecule has 8 nitrogen and oxygen atoms in total. The summed E-state index contributed by atoms with van der Waals surface area (Å²) in [4.78, 5) is 33.9. The third kappa shape index (κ3) is 6.27. The number of ether oxygens (including phenoxy) is 2. The third-order valence-electron chi connectivity index (χ3n) is 7.51. The second-order valence-corrected chi connectivity index (χ2v) is 11.6. The summed E-state index contributed by atoms with van der Waals surface area (Å²) < 4.78 is 27.8. The van der Waals surface area contributed by atoms with Gasteiger partial charge in [-0.2, -0.15) is 0 Å². The minimum atomic E-state index is -0.801. The van der Waals surface area contributed by atoms with E-state index in [-0.39, 0.29) is 11.4 Å². The highest BCUT2D eigenvalue weighted by Crippen LogP contribution is 2.41. The number of halogens is 1. The molecule has 2 aromatic heterocycles. The maximum Gasteiger partial charge on any atom is 0.241 e. The molecule has 2 amide bonds. The van der Waals surface area contributed by atoms with E-state index in [1.54, 1.807) is 42.6 Å². The highest BCUT2D eigenvalue weighted by Gasteiger charge is 2.24. The number of hydrogen-bond donors (Lipinski definition) is 1. The van der Waals surface area contributed by atoms with E-state index >= 15 is 4.39 Å². The summed E-state index contributed by atoms with van der Waals surface area (Å²) in [5, 5.41) is 0. The van der Waals surface area contributed by atoms with Gasteiger partial charge < -0.3 is 15.2 Å². The predicted octanol–water partition coefficient (Wildman–Crippen LogP) is 7.04. The van der Waals surface area contributed by atoms with Crippen molar-refractivity contribution in [2.24, 2.45) is 5.73 Å². The number of thiophene rings is 1. The van der Waals surface area contributed by atoms with Crippen molar-refractivity contribution in [3.63, 3.8) is 0 Å². The predicted molar refractivity (Wildman–Crippen MR) is 170 cm³/mol. The Hall–Kier alpha value is -4.80. The summed E-state index contributed by atoms with van der Waals surface area (Å²) >= 11 is 1.53. The van der Waals surface area contributed by atoms with Crippen LogP contribution in [-0.2, 0) is 16.1 Å². The molecular weight excluding hydrogens is 579 g/mol. The number of benzene rings is 3. The lowest BCUT2D eigenvalue weighted by atomic mass is 10.1. The molecule has 0 saturated carbocycles. The van der Waals surface area contributed by atoms with Crippen molar-refractivity contribution in [1.82, 2.24) is 9.88 Å². The number of nitrogens with zero attached hydrogens (tertiary/aromatic N) is 3. The summed E-state index contributed by atoms with van der Waals surface area (Å²) in [6.45, 7) is 3.28. The fourth-order valence-electron chi connectivity index (χ4n) is 5.40. The smallest absolute Gasteiger partial charge is 0.241 e. The Balaban J connectivity index is 1.26. The number of fused-ring (bicyclic) bond motifs is 1. The van der Waals surface area contributed by atoms with Gasteiger partial charge in [0.15, 0.2) is 11.6 Å². The number of primary amides is 1. The zero-order chi connectivity index (χ0) is 30.6. The number of hydrogen-bond acceptors (Lipinski definition) is 7. The molecule has 5 aromatic rings. The first-order valence-electron chi connectivity index (χ1n) is 14.3. The Morgan fingerprint density at radius 1 is 0.977 bits per heavy atom. The van der Waals surface area contributed by atoms with E-state index in [0.29, 0.717) is 17.2 Å². The van der Waals surface area contributed by atoms with Gasteiger partial charge in [-0.25, -0.2) is 4.39 Å². The molecule has 2 N–H and O–H groups in total. The maximum atomic E-state index is 15.6. The Labute approximate surface area is 258 Å². The fraction of sp³-hybridized carbons (Fsp3) is 0.206. The molecule has 1 fully saturated rings. The lowest BCUT2D eigenvalue weighted by Gasteiger charge is -2.24. The molecule has 10 heteroatoms. The van der Waals surface area contributed by atoms with Crippen LogP contribution in [0.5, 0.6) is 17.2 Å². The number of rotatable bonds is 10. The number of methoxy groups -OCH3 is 1. The van der Waals surface area contributed by atoms with Crippen molar-refractivity contribution < 1.29 is 23.5 Å². The molecule has 3 heterocycles. The number of likely N-dealkylation sites (tertiary alicyclic amines) is 1. The lowest BCUT2D eigenvalue weighted by Crippen LogP contribution is -2.30. The van der Waals surface area contributed by atoms with Crippen LogP contribution in [0.2, 0.25) is 0 Å². The second-order valence-electron chi connectivity index (χ2n) is 10.6. The van der Waals surface area contributed by atoms with E-state index in [0.717, 1.165) is 40.3 Å². The monoisotopic (exact) mass is 610 g/mol. The molecule has 0 bridgehead atoms. The number of aromatic nitrogens is 1. The first kappa shape index (κ1) is 29.3. The largest absolute Gasteiger partial charge is 0.495 e. The summed E-state index contributed by atoms with van der Waals surface area (Å²) in [6.07, 6.45) is 3.60. The van der Waals surface area contributed by atoms with Gasteiger partial charge >= 0.3 is 0 Å². The SMILES string of the molecule is COc1ccccc1N(C(=O)CC(N)=O)c1ccc(Oc2ccnc3cc(-c4ccc(CN5CCCC5)cc4)sc23)c(F)c1. The van der Waals surface area contributed by atoms with Crippen LogP contribution in [0.1, 0.15) is 24.8 Å². The van der Waals surface area contributed by atoms with Crippen molar-refractivity contribution in [2.45, 2.75) is 25.8 Å². The molecule has 0 aliphatic carbocycles. The van der Waals surface area contributed by atoms with E-state index in [1.165, 1.54) is 53.9 Å². The van der Waals surface area contributed by atoms with Gasteiger partial charge in [0.25, 0.3) is 0 Å². The van der Waals surface area contributed by atoms with Crippen molar-refractivity contribution >= 4 is 44.7 Å². The van der Waals surface area contributed by atoms with Crippen LogP contribution in [0.15, 0.2) is 85.1 Å². The summed E-state index contributed by atoms with van der Waals surface area (Å²) in [5.41, 5.74) is 8.96. The van der Waals surface area contributed by atoms with Gasteiger partial charge in [0.1, 0.15) is 17.9 Å². The average Bonchev–Trinajstić information content (AvgIpc) is 3.70. The molecule has 0 spiro atoms. The number of pyridine rings is 1. The number of nitrogens with two attached hydrogens (primary N) is 1. The molecule has 1 aliphatic heterocycles. The summed E-state index contributed by atoms with van der Waals surface area (Å²) in [7, 11) is 1.46. The van der Waals surface area contributed by atoms with Gasteiger partial charge in [-0.05, 0) is 67.4 Å². The van der Waals surface area contributed by atoms with Crippen molar-refractivity contribution in [3.8, 4) is 27.7 Å². The highest BCUT2D eigenvalue weighted by atomic mass is 32.1. The summed E-state index contributed by atoms with van der Waals surface area (Å²) in [5.74, 6) is -1.30. The minimum Gasteiger partial charge on any atom is -0.495 e. The second kappa shape index (κ2) is 12.8. The van der Waals surface area contributed by atoms with Crippen LogP contribution in [0.3, 0.4) is 0 Å². The quantitative estimate of drug-likeness (QED) is 0.170. The zero-order valence-electron chi connectivity index (χ0n) is 24.2. The fourth-order valence-corrected chi connectivity index (χ4v) is 6.47. The van der Waals surface area contributed by atoms with Crippen molar-refractivity contribution in [3.05, 3.63) is 96.4 Å². The Morgan fingerprint density at radius 2 is 1.75 bits per heavy atom. The van der Waals surface area contributed by atoms with Gasteiger partial charge in [0.2, 0.25) is 11.8 Å². The maximum absolute atomic E-state index is 15.6. The minimum absolute atomic E-state index is 0.0233. The Morgan fingerprint density at radius 3 is 2.48 bits per heavy atom. The topological polar surface area (TPSA) is 98.0 Å². The van der Waals surface area contributed by atoms with Crippen LogP contribution in [0.25, 0.3) is 20.7 Å². The third-order valence-corrected chi connectivity index (χ3v) is 8.70. The van der Waals surface area contributed by atoms with Crippen LogP contribution in [0, 0.1) is 5.82 Å². The number of para-hydroxylation sites is 2. The summed E-state index contributed by atoms with van der Waals surface area (Å²) in [6, 6.07) is 23.2. The molecule has 224 valence electrons. The number of carbonyl (C=O) groups excluding carboxylic acids is 2. The lowest BCUT2D eigenvalue weighted by molar-refractivity contribution is -0.125. The number of anilines is 2. The molecule has 0 radical (unpaired) electrons. The first-order valence-corrected chi connectivity index (χ1v) is 15.1. The van der Waals surface area contributed by atoms with E-state index in [1.807, 2.05) is 6.07 Å². The van der Waals surface area contributed by atoms with Crippen molar-refractivity contribution in [2.75, 3.05) is 25.1 Å². The molecule has 0 atom stereocenters. The highest BCUT2D eigenvalue weighted by molar-refractivity contribution is 7.22. The first-order chi connectivity index (χ1) is 21.4. The van der Waals surface area contributed by atoms with Crippen LogP contribution in [-0.4, -0.2) is 41.9 Å². The van der Waals surface area contributed by atoms with Crippen LogP contribution in [0.4, 0.5) is 15.8 Å². The molecule has 6 rings (SSSR count). The van der Waals surface area contributed by atoms with E-state index < -0.39 is 24.1 Å². The molecule has 0 unspecified atom stereocenters. The van der Waals surface area contributed by atoms with E-state index in [9.17, 15) is 9.59 Å². The molecular formula is C34H31FN4O4S. The van der Waals surface area contributed by atoms with Gasteiger partial charge in [0.05, 0.1) is 28.7 Å². The van der Waals surface area contributed by atoms with Gasteiger partial charge in [-0.1, -0.05) is 36.4 Å². The molecule has 3 aromatic carbocycles. The van der Waals surface area contributed by atoms with Gasteiger partial charge in [-0.3, -0.25) is 24.4 Å². The van der Waals surface area contributed by atoms with Crippen LogP contribution >= 0.6 is 11.3 Å². The Bertz CT molecular complexity index is 1820. The molecule has 1 aliphatic rings. The van der Waals surface area contributed by atoms with Crippen molar-refractivity contribution in [1.29, 1.82) is 0 Å². The normalized spacial score (nSPS) is 13.2. The van der Waals surface area contributed by atoms with E-state index in [2.05, 4.69) is 34.1 Å². The molecule has 44 heavy (non-hydrogen) atoms. The Kier molecular flexibility index (Phi) is 8.53. The number of amides is 2. The average molecular weight is 611 g/mol. The molecule has 1 saturated heterocycles.